The summed E-state index contributed by atoms with van der Waals surface area (Å²) < 4.78 is 0. The smallest absolute Gasteiger partial charge is 0.326 e. The zero-order chi connectivity index (χ0) is 32.7. The van der Waals surface area contributed by atoms with Crippen LogP contribution < -0.4 is 21.7 Å². The lowest BCUT2D eigenvalue weighted by Crippen LogP contribution is -2.60. The van der Waals surface area contributed by atoms with Crippen molar-refractivity contribution < 1.29 is 39.3 Å². The first-order chi connectivity index (χ1) is 21.4. The summed E-state index contributed by atoms with van der Waals surface area (Å²) in [5.74, 6) is -5.22. The van der Waals surface area contributed by atoms with E-state index in [4.69, 9.17) is 5.73 Å². The average molecular weight is 621 g/mol. The van der Waals surface area contributed by atoms with E-state index in [9.17, 15) is 39.3 Å². The number of benzene rings is 2. The number of fused-ring (bicyclic) bond motifs is 2. The van der Waals surface area contributed by atoms with E-state index >= 15 is 0 Å². The molecule has 10 N–H and O–H groups in total. The highest BCUT2D eigenvalue weighted by Crippen LogP contribution is 2.20. The summed E-state index contributed by atoms with van der Waals surface area (Å²) in [4.78, 5) is 68.9. The topological polar surface area (TPSA) is 240 Å². The van der Waals surface area contributed by atoms with Crippen molar-refractivity contribution in [1.29, 1.82) is 0 Å². The molecule has 14 heteroatoms. The van der Waals surface area contributed by atoms with Crippen LogP contribution in [0.25, 0.3) is 21.8 Å². The van der Waals surface area contributed by atoms with Gasteiger partial charge in [0.1, 0.15) is 18.1 Å². The highest BCUT2D eigenvalue weighted by molar-refractivity contribution is 5.95. The lowest BCUT2D eigenvalue weighted by atomic mass is 10.0. The number of carboxylic acid groups (broad SMARTS) is 2. The van der Waals surface area contributed by atoms with Crippen LogP contribution in [-0.4, -0.2) is 85.2 Å². The SMILES string of the molecule is CC(O)C(NC(=O)C(CCC(=O)O)NC(=O)C(N)Cc1c[nH]c2ccccc12)C(=O)NC(Cc1c[nH]c2ccccc12)C(=O)O. The molecule has 4 rings (SSSR count). The molecule has 0 aliphatic rings. The van der Waals surface area contributed by atoms with Gasteiger partial charge in [-0.3, -0.25) is 19.2 Å². The summed E-state index contributed by atoms with van der Waals surface area (Å²) in [6.07, 6.45) is 1.09. The fraction of sp³-hybridized carbons (Fsp3) is 0.323. The van der Waals surface area contributed by atoms with Gasteiger partial charge in [-0.05, 0) is 43.0 Å². The van der Waals surface area contributed by atoms with E-state index < -0.39 is 66.4 Å². The first kappa shape index (κ1) is 32.7. The highest BCUT2D eigenvalue weighted by Gasteiger charge is 2.33. The van der Waals surface area contributed by atoms with Crippen LogP contribution in [0.4, 0.5) is 0 Å². The molecule has 0 aliphatic carbocycles. The van der Waals surface area contributed by atoms with Gasteiger partial charge < -0.3 is 47.0 Å². The van der Waals surface area contributed by atoms with Crippen molar-refractivity contribution in [1.82, 2.24) is 25.9 Å². The van der Waals surface area contributed by atoms with E-state index in [1.807, 2.05) is 36.4 Å². The number of carbonyl (C=O) groups is 5. The number of hydrogen-bond acceptors (Lipinski definition) is 7. The van der Waals surface area contributed by atoms with Crippen molar-refractivity contribution in [2.75, 3.05) is 0 Å². The van der Waals surface area contributed by atoms with Gasteiger partial charge in [0.15, 0.2) is 0 Å². The largest absolute Gasteiger partial charge is 0.481 e. The van der Waals surface area contributed by atoms with Crippen molar-refractivity contribution in [3.05, 3.63) is 72.1 Å². The molecule has 0 spiro atoms. The second-order valence-corrected chi connectivity index (χ2v) is 10.9. The van der Waals surface area contributed by atoms with Crippen molar-refractivity contribution in [3.8, 4) is 0 Å². The predicted molar refractivity (Wildman–Crippen MR) is 164 cm³/mol. The van der Waals surface area contributed by atoms with Gasteiger partial charge >= 0.3 is 11.9 Å². The molecule has 2 aromatic carbocycles. The number of carboxylic acids is 2. The molecule has 45 heavy (non-hydrogen) atoms. The Balaban J connectivity index is 1.44. The predicted octanol–water partition coefficient (Wildman–Crippen LogP) is 0.546. The maximum absolute atomic E-state index is 13.3. The van der Waals surface area contributed by atoms with Gasteiger partial charge in [0.2, 0.25) is 17.7 Å². The van der Waals surface area contributed by atoms with Gasteiger partial charge in [-0.1, -0.05) is 36.4 Å². The van der Waals surface area contributed by atoms with Gasteiger partial charge in [0, 0.05) is 47.0 Å². The number of aliphatic hydroxyl groups is 1. The average Bonchev–Trinajstić information content (AvgIpc) is 3.61. The van der Waals surface area contributed by atoms with Gasteiger partial charge in [-0.15, -0.1) is 0 Å². The number of hydrogen-bond donors (Lipinski definition) is 9. The molecule has 238 valence electrons. The number of amides is 3. The molecule has 4 aromatic rings. The Morgan fingerprint density at radius 3 is 1.82 bits per heavy atom. The van der Waals surface area contributed by atoms with E-state index in [2.05, 4.69) is 25.9 Å². The number of carbonyl (C=O) groups excluding carboxylic acids is 3. The fourth-order valence-corrected chi connectivity index (χ4v) is 5.09. The van der Waals surface area contributed by atoms with Crippen LogP contribution in [0.3, 0.4) is 0 Å². The summed E-state index contributed by atoms with van der Waals surface area (Å²) in [6.45, 7) is 1.22. The van der Waals surface area contributed by atoms with Crippen LogP contribution in [0.2, 0.25) is 0 Å². The number of rotatable bonds is 15. The molecular weight excluding hydrogens is 584 g/mol. The summed E-state index contributed by atoms with van der Waals surface area (Å²) in [5, 5.41) is 38.2. The number of aliphatic carboxylic acids is 2. The molecule has 14 nitrogen and oxygen atoms in total. The van der Waals surface area contributed by atoms with E-state index in [1.165, 1.54) is 6.92 Å². The minimum absolute atomic E-state index is 0.0861. The van der Waals surface area contributed by atoms with Crippen molar-refractivity contribution >= 4 is 51.5 Å². The number of aliphatic hydroxyl groups excluding tert-OH is 1. The summed E-state index contributed by atoms with van der Waals surface area (Å²) in [5.41, 5.74) is 9.18. The number of aromatic nitrogens is 2. The second kappa shape index (κ2) is 14.5. The number of para-hydroxylation sites is 2. The molecule has 3 amide bonds. The summed E-state index contributed by atoms with van der Waals surface area (Å²) in [7, 11) is 0. The van der Waals surface area contributed by atoms with Crippen molar-refractivity contribution in [3.63, 3.8) is 0 Å². The van der Waals surface area contributed by atoms with Gasteiger partial charge in [-0.2, -0.15) is 0 Å². The molecule has 0 fully saturated rings. The third-order valence-electron chi connectivity index (χ3n) is 7.51. The molecule has 0 bridgehead atoms. The maximum Gasteiger partial charge on any atom is 0.326 e. The molecule has 0 saturated carbocycles. The van der Waals surface area contributed by atoms with E-state index in [0.717, 1.165) is 27.4 Å². The molecule has 5 unspecified atom stereocenters. The highest BCUT2D eigenvalue weighted by atomic mass is 16.4. The Morgan fingerprint density at radius 2 is 1.29 bits per heavy atom. The standard InChI is InChI=1S/C31H36N6O8/c1-16(38)27(30(43)36-25(31(44)45)13-18-15-34-23-9-5-3-7-20(18)23)37-29(42)24(10-11-26(39)40)35-28(41)21(32)12-17-14-33-22-8-4-2-6-19(17)22/h2-9,14-16,21,24-25,27,33-34,38H,10-13,32H2,1H3,(H,35,41)(H,36,43)(H,37,42)(H,39,40)(H,44,45). The first-order valence-electron chi connectivity index (χ1n) is 14.3. The number of nitrogens with two attached hydrogens (primary N) is 1. The third kappa shape index (κ3) is 8.25. The Kier molecular flexibility index (Phi) is 10.5. The Morgan fingerprint density at radius 1 is 0.756 bits per heavy atom. The van der Waals surface area contributed by atoms with E-state index in [1.54, 1.807) is 24.5 Å². The quantitative estimate of drug-likeness (QED) is 0.0900. The number of nitrogens with one attached hydrogen (secondary N) is 5. The molecule has 0 radical (unpaired) electrons. The minimum atomic E-state index is -1.62. The zero-order valence-corrected chi connectivity index (χ0v) is 24.4. The second-order valence-electron chi connectivity index (χ2n) is 10.9. The molecule has 0 aliphatic heterocycles. The van der Waals surface area contributed by atoms with Crippen molar-refractivity contribution in [2.24, 2.45) is 5.73 Å². The van der Waals surface area contributed by atoms with Crippen LogP contribution in [0.15, 0.2) is 60.9 Å². The number of H-pyrrole nitrogens is 2. The van der Waals surface area contributed by atoms with Crippen LogP contribution in [-0.2, 0) is 36.8 Å². The monoisotopic (exact) mass is 620 g/mol. The van der Waals surface area contributed by atoms with E-state index in [-0.39, 0.29) is 19.3 Å². The van der Waals surface area contributed by atoms with Gasteiger partial charge in [-0.25, -0.2) is 4.79 Å². The maximum atomic E-state index is 13.3. The molecule has 0 saturated heterocycles. The van der Waals surface area contributed by atoms with Crippen molar-refractivity contribution in [2.45, 2.75) is 62.9 Å². The molecule has 5 atom stereocenters. The van der Waals surface area contributed by atoms with Gasteiger partial charge in [0.05, 0.1) is 12.1 Å². The fourth-order valence-electron chi connectivity index (χ4n) is 5.09. The van der Waals surface area contributed by atoms with Crippen LogP contribution in [0.1, 0.15) is 30.9 Å². The Hall–Kier alpha value is -5.21. The normalized spacial score (nSPS) is 14.6. The lowest BCUT2D eigenvalue weighted by molar-refractivity contribution is -0.143. The third-order valence-corrected chi connectivity index (χ3v) is 7.51. The van der Waals surface area contributed by atoms with Gasteiger partial charge in [0.25, 0.3) is 0 Å². The summed E-state index contributed by atoms with van der Waals surface area (Å²) in [6, 6.07) is 9.13. The molecule has 2 heterocycles. The first-order valence-corrected chi connectivity index (χ1v) is 14.3. The zero-order valence-electron chi connectivity index (χ0n) is 24.4. The van der Waals surface area contributed by atoms with Crippen LogP contribution >= 0.6 is 0 Å². The summed E-state index contributed by atoms with van der Waals surface area (Å²) >= 11 is 0. The lowest BCUT2D eigenvalue weighted by Gasteiger charge is -2.26. The van der Waals surface area contributed by atoms with Crippen LogP contribution in [0, 0.1) is 0 Å². The van der Waals surface area contributed by atoms with E-state index in [0.29, 0.717) is 5.56 Å². The Bertz CT molecular complexity index is 1700. The Labute approximate surface area is 257 Å². The van der Waals surface area contributed by atoms with Crippen LogP contribution in [0.5, 0.6) is 0 Å². The minimum Gasteiger partial charge on any atom is -0.481 e. The number of aromatic amines is 2. The molecule has 2 aromatic heterocycles. The molecular formula is C31H36N6O8.